The fourth-order valence-electron chi connectivity index (χ4n) is 3.17. The maximum absolute atomic E-state index is 10.6. The van der Waals surface area contributed by atoms with Crippen LogP contribution in [-0.2, 0) is 14.8 Å². The molecule has 4 nitrogen and oxygen atoms in total. The summed E-state index contributed by atoms with van der Waals surface area (Å²) in [5, 5.41) is 7.12. The smallest absolute Gasteiger partial charge is 0.475 e. The average Bonchev–Trinajstić information content (AvgIpc) is 2.65. The van der Waals surface area contributed by atoms with Gasteiger partial charge in [0.2, 0.25) is 0 Å². The van der Waals surface area contributed by atoms with E-state index in [-0.39, 0.29) is 11.5 Å². The molecule has 8 heteroatoms. The number of aliphatic carboxylic acids is 1. The van der Waals surface area contributed by atoms with E-state index in [1.54, 1.807) is 0 Å². The third kappa shape index (κ3) is 7.48. The highest BCUT2D eigenvalue weighted by molar-refractivity contribution is 6.69. The number of rotatable bonds is 5. The molecule has 0 aliphatic carbocycles. The molecule has 172 valence electrons. The number of carbonyl (C=O) groups is 1. The molecular weight excluding hydrogens is 423 g/mol. The van der Waals surface area contributed by atoms with Crippen LogP contribution in [0, 0.1) is 5.41 Å². The molecule has 0 unspecified atom stereocenters. The maximum Gasteiger partial charge on any atom is 0.490 e. The fourth-order valence-corrected chi connectivity index (χ4v) is 4.50. The largest absolute Gasteiger partial charge is 0.490 e. The van der Waals surface area contributed by atoms with Gasteiger partial charge in [0.15, 0.2) is 8.32 Å². The van der Waals surface area contributed by atoms with Gasteiger partial charge in [-0.15, -0.1) is 0 Å². The van der Waals surface area contributed by atoms with Crippen molar-refractivity contribution in [2.75, 3.05) is 0 Å². The van der Waals surface area contributed by atoms with Gasteiger partial charge in [0.05, 0.1) is 0 Å². The molecule has 0 aliphatic rings. The summed E-state index contributed by atoms with van der Waals surface area (Å²) < 4.78 is 38.6. The minimum absolute atomic E-state index is 0.106. The molecule has 0 spiro atoms. The molecule has 0 bridgehead atoms. The van der Waals surface area contributed by atoms with Gasteiger partial charge in [-0.05, 0) is 36.2 Å². The Hall–Kier alpha value is -2.16. The van der Waals surface area contributed by atoms with Gasteiger partial charge in [-0.25, -0.2) is 4.79 Å². The second kappa shape index (κ2) is 9.97. The summed E-state index contributed by atoms with van der Waals surface area (Å²) in [6.07, 6.45) is -5.08. The van der Waals surface area contributed by atoms with E-state index in [9.17, 15) is 13.2 Å². The number of halogens is 3. The van der Waals surface area contributed by atoms with Crippen LogP contribution in [0.2, 0.25) is 19.6 Å². The number of carboxylic acid groups (broad SMARTS) is 1. The summed E-state index contributed by atoms with van der Waals surface area (Å²) in [6, 6.07) is 20.7. The summed E-state index contributed by atoms with van der Waals surface area (Å²) >= 11 is 0. The van der Waals surface area contributed by atoms with Crippen molar-refractivity contribution in [3.63, 3.8) is 0 Å². The summed E-state index contributed by atoms with van der Waals surface area (Å²) in [5.74, 6) is -2.76. The Bertz CT molecular complexity index is 790. The van der Waals surface area contributed by atoms with E-state index < -0.39 is 26.1 Å². The molecule has 2 aromatic carbocycles. The van der Waals surface area contributed by atoms with Crippen LogP contribution in [-0.4, -0.2) is 31.6 Å². The van der Waals surface area contributed by atoms with Crippen LogP contribution in [0.3, 0.4) is 0 Å². The first kappa shape index (κ1) is 26.9. The normalized spacial score (nSPS) is 13.7. The molecule has 31 heavy (non-hydrogen) atoms. The Morgan fingerprint density at radius 1 is 0.903 bits per heavy atom. The molecule has 0 heterocycles. The van der Waals surface area contributed by atoms with Gasteiger partial charge in [-0.2, -0.15) is 13.2 Å². The summed E-state index contributed by atoms with van der Waals surface area (Å²) in [4.78, 5) is 8.90. The topological polar surface area (TPSA) is 72.5 Å². The van der Waals surface area contributed by atoms with Crippen LogP contribution in [0.1, 0.15) is 31.9 Å². The Morgan fingerprint density at radius 2 is 1.23 bits per heavy atom. The molecule has 0 radical (unpaired) electrons. The van der Waals surface area contributed by atoms with E-state index in [0.29, 0.717) is 0 Å². The Balaban J connectivity index is 0.000000592. The summed E-state index contributed by atoms with van der Waals surface area (Å²) in [7, 11) is -1.88. The highest BCUT2D eigenvalue weighted by Gasteiger charge is 2.48. The predicted octanol–water partition coefficient (Wildman–Crippen LogP) is 5.79. The molecule has 0 fully saturated rings. The van der Waals surface area contributed by atoms with E-state index in [2.05, 4.69) is 88.9 Å². The van der Waals surface area contributed by atoms with Crippen LogP contribution >= 0.6 is 0 Å². The molecular formula is C23H32F3NO3Si. The average molecular weight is 456 g/mol. The minimum Gasteiger partial charge on any atom is -0.475 e. The highest BCUT2D eigenvalue weighted by Crippen LogP contribution is 2.44. The van der Waals surface area contributed by atoms with E-state index in [1.165, 1.54) is 0 Å². The molecule has 0 aliphatic heterocycles. The zero-order valence-electron chi connectivity index (χ0n) is 18.8. The summed E-state index contributed by atoms with van der Waals surface area (Å²) in [5.41, 5.74) is 8.40. The molecule has 0 saturated carbocycles. The SMILES string of the molecule is CC(C)(C)[C@H](N)C(O[Si](C)(C)C)(c1ccccc1)c1ccccc1.O=C(O)C(F)(F)F. The van der Waals surface area contributed by atoms with Gasteiger partial charge in [-0.1, -0.05) is 81.4 Å². The van der Waals surface area contributed by atoms with Crippen LogP contribution < -0.4 is 5.73 Å². The number of alkyl halides is 3. The number of hydrogen-bond acceptors (Lipinski definition) is 3. The van der Waals surface area contributed by atoms with Crippen LogP contribution in [0.15, 0.2) is 60.7 Å². The van der Waals surface area contributed by atoms with Crippen LogP contribution in [0.5, 0.6) is 0 Å². The highest BCUT2D eigenvalue weighted by atomic mass is 28.4. The first-order chi connectivity index (χ1) is 14.0. The quantitative estimate of drug-likeness (QED) is 0.560. The lowest BCUT2D eigenvalue weighted by atomic mass is 9.70. The lowest BCUT2D eigenvalue weighted by molar-refractivity contribution is -0.192. The zero-order chi connectivity index (χ0) is 24.1. The van der Waals surface area contributed by atoms with Gasteiger partial charge < -0.3 is 15.3 Å². The van der Waals surface area contributed by atoms with Gasteiger partial charge in [0.1, 0.15) is 5.60 Å². The maximum atomic E-state index is 10.6. The predicted molar refractivity (Wildman–Crippen MR) is 119 cm³/mol. The van der Waals surface area contributed by atoms with Crippen molar-refractivity contribution in [2.45, 2.75) is 58.2 Å². The standard InChI is InChI=1S/C21H31NOSi.C2HF3O2/c1-20(2,3)19(22)21(23-24(4,5)6,17-13-9-7-10-14-17)18-15-11-8-12-16-18;3-2(4,5)1(6)7/h7-16,19H,22H2,1-6H3;(H,6,7)/t19-;/m0./s1. The van der Waals surface area contributed by atoms with Gasteiger partial charge >= 0.3 is 12.1 Å². The van der Waals surface area contributed by atoms with E-state index in [0.717, 1.165) is 11.1 Å². The molecule has 2 aromatic rings. The van der Waals surface area contributed by atoms with Crippen molar-refractivity contribution in [2.24, 2.45) is 11.1 Å². The van der Waals surface area contributed by atoms with Gasteiger partial charge in [0, 0.05) is 6.04 Å². The van der Waals surface area contributed by atoms with Crippen LogP contribution in [0.4, 0.5) is 13.2 Å². The van der Waals surface area contributed by atoms with E-state index in [1.807, 2.05) is 12.1 Å². The number of carboxylic acids is 1. The van der Waals surface area contributed by atoms with Gasteiger partial charge in [0.25, 0.3) is 0 Å². The van der Waals surface area contributed by atoms with E-state index in [4.69, 9.17) is 20.1 Å². The Morgan fingerprint density at radius 3 is 1.45 bits per heavy atom. The second-order valence-electron chi connectivity index (χ2n) is 9.33. The van der Waals surface area contributed by atoms with Gasteiger partial charge in [-0.3, -0.25) is 0 Å². The first-order valence-electron chi connectivity index (χ1n) is 9.88. The number of hydrogen-bond donors (Lipinski definition) is 2. The number of benzene rings is 2. The van der Waals surface area contributed by atoms with Crippen molar-refractivity contribution in [1.82, 2.24) is 0 Å². The Labute approximate surface area is 183 Å². The molecule has 0 aromatic heterocycles. The summed E-state index contributed by atoms with van der Waals surface area (Å²) in [6.45, 7) is 13.2. The third-order valence-electron chi connectivity index (χ3n) is 4.49. The lowest BCUT2D eigenvalue weighted by Gasteiger charge is -2.48. The molecule has 0 amide bonds. The number of nitrogens with two attached hydrogens (primary N) is 1. The van der Waals surface area contributed by atoms with Crippen molar-refractivity contribution >= 4 is 14.3 Å². The molecule has 3 N–H and O–H groups in total. The van der Waals surface area contributed by atoms with Crippen LogP contribution in [0.25, 0.3) is 0 Å². The monoisotopic (exact) mass is 455 g/mol. The second-order valence-corrected chi connectivity index (χ2v) is 13.8. The van der Waals surface area contributed by atoms with Crippen molar-refractivity contribution in [3.05, 3.63) is 71.8 Å². The molecule has 0 saturated heterocycles. The molecule has 2 rings (SSSR count). The zero-order valence-corrected chi connectivity index (χ0v) is 19.8. The first-order valence-corrected chi connectivity index (χ1v) is 13.3. The fraction of sp³-hybridized carbons (Fsp3) is 0.435. The third-order valence-corrected chi connectivity index (χ3v) is 5.42. The van der Waals surface area contributed by atoms with E-state index >= 15 is 0 Å². The molecule has 1 atom stereocenters. The minimum atomic E-state index is -5.08. The Kier molecular flexibility index (Phi) is 8.64. The lowest BCUT2D eigenvalue weighted by Crippen LogP contribution is -2.58. The van der Waals surface area contributed by atoms with Crippen molar-refractivity contribution in [1.29, 1.82) is 0 Å². The van der Waals surface area contributed by atoms with Crippen molar-refractivity contribution in [3.8, 4) is 0 Å². The van der Waals surface area contributed by atoms with Crippen molar-refractivity contribution < 1.29 is 27.5 Å².